The minimum absolute atomic E-state index is 0.448. The van der Waals surface area contributed by atoms with Crippen LogP contribution in [0.25, 0.3) is 0 Å². The maximum Gasteiger partial charge on any atom is 0.133 e. The lowest BCUT2D eigenvalue weighted by Gasteiger charge is -2.34. The number of ketones is 1. The van der Waals surface area contributed by atoms with Crippen LogP contribution in [0.3, 0.4) is 0 Å². The van der Waals surface area contributed by atoms with Crippen molar-refractivity contribution in [2.24, 2.45) is 5.92 Å². The smallest absolute Gasteiger partial charge is 0.133 e. The van der Waals surface area contributed by atoms with Crippen LogP contribution in [0.4, 0.5) is 0 Å². The number of unbranched alkanes of at least 4 members (excludes halogenated alkanes) is 1. The Bertz CT molecular complexity index is 171. The van der Waals surface area contributed by atoms with Crippen molar-refractivity contribution in [3.8, 4) is 0 Å². The average molecular weight is 198 g/mol. The van der Waals surface area contributed by atoms with Crippen molar-refractivity contribution in [2.45, 2.75) is 58.5 Å². The molecular weight excluding hydrogens is 176 g/mol. The Kier molecular flexibility index (Phi) is 5.16. The molecule has 1 fully saturated rings. The highest BCUT2D eigenvalue weighted by Gasteiger charge is 2.30. The number of hydrogen-bond acceptors (Lipinski definition) is 2. The van der Waals surface area contributed by atoms with Gasteiger partial charge in [0.2, 0.25) is 0 Å². The molecular formula is C12H22O2. The molecule has 0 N–H and O–H groups in total. The topological polar surface area (TPSA) is 26.3 Å². The van der Waals surface area contributed by atoms with E-state index in [0.717, 1.165) is 45.1 Å². The molecule has 0 amide bonds. The van der Waals surface area contributed by atoms with Crippen LogP contribution in [0.1, 0.15) is 52.4 Å². The predicted octanol–water partition coefficient (Wildman–Crippen LogP) is 2.95. The molecule has 14 heavy (non-hydrogen) atoms. The Balaban J connectivity index is 2.01. The van der Waals surface area contributed by atoms with Crippen LogP contribution in [0.15, 0.2) is 0 Å². The Morgan fingerprint density at radius 2 is 2.07 bits per heavy atom. The average Bonchev–Trinajstić information content (AvgIpc) is 2.11. The van der Waals surface area contributed by atoms with E-state index in [2.05, 4.69) is 6.92 Å². The van der Waals surface area contributed by atoms with Crippen molar-refractivity contribution in [3.05, 3.63) is 0 Å². The van der Waals surface area contributed by atoms with Gasteiger partial charge >= 0.3 is 0 Å². The van der Waals surface area contributed by atoms with Gasteiger partial charge in [0, 0.05) is 19.4 Å². The first-order chi connectivity index (χ1) is 6.76. The third-order valence-electron chi connectivity index (χ3n) is 2.92. The fourth-order valence-electron chi connectivity index (χ4n) is 2.01. The molecule has 1 aliphatic rings. The van der Waals surface area contributed by atoms with Crippen molar-refractivity contribution < 1.29 is 9.53 Å². The molecule has 0 bridgehead atoms. The summed E-state index contributed by atoms with van der Waals surface area (Å²) < 4.78 is 5.46. The van der Waals surface area contributed by atoms with E-state index in [0.29, 0.717) is 17.8 Å². The van der Waals surface area contributed by atoms with Crippen LogP contribution < -0.4 is 0 Å². The molecule has 0 aromatic heterocycles. The number of carbonyl (C=O) groups is 1. The Morgan fingerprint density at radius 1 is 1.36 bits per heavy atom. The van der Waals surface area contributed by atoms with Crippen molar-refractivity contribution >= 4 is 5.78 Å². The fraction of sp³-hybridized carbons (Fsp3) is 0.917. The first kappa shape index (κ1) is 11.7. The Labute approximate surface area is 87.0 Å². The van der Waals surface area contributed by atoms with Crippen LogP contribution in [0, 0.1) is 5.92 Å². The molecule has 0 aliphatic heterocycles. The zero-order chi connectivity index (χ0) is 10.4. The van der Waals surface area contributed by atoms with Gasteiger partial charge < -0.3 is 4.74 Å². The number of hydrogen-bond donors (Lipinski definition) is 0. The second kappa shape index (κ2) is 6.18. The summed E-state index contributed by atoms with van der Waals surface area (Å²) in [5.41, 5.74) is 0. The maximum absolute atomic E-state index is 11.4. The Hall–Kier alpha value is -0.370. The molecule has 1 rings (SSSR count). The molecule has 1 aliphatic carbocycles. The summed E-state index contributed by atoms with van der Waals surface area (Å²) in [4.78, 5) is 11.4. The predicted molar refractivity (Wildman–Crippen MR) is 57.3 cm³/mol. The molecule has 0 atom stereocenters. The van der Waals surface area contributed by atoms with Gasteiger partial charge in [-0.3, -0.25) is 4.79 Å². The lowest BCUT2D eigenvalue weighted by atomic mass is 9.78. The summed E-state index contributed by atoms with van der Waals surface area (Å²) in [7, 11) is 0. The lowest BCUT2D eigenvalue weighted by molar-refractivity contribution is -0.122. The summed E-state index contributed by atoms with van der Waals surface area (Å²) in [6, 6.07) is 0. The number of carbonyl (C=O) groups excluding carboxylic acids is 1. The van der Waals surface area contributed by atoms with E-state index in [-0.39, 0.29) is 0 Å². The molecule has 2 nitrogen and oxygen atoms in total. The van der Waals surface area contributed by atoms with Crippen LogP contribution in [0.2, 0.25) is 0 Å². The van der Waals surface area contributed by atoms with Gasteiger partial charge in [0.25, 0.3) is 0 Å². The van der Waals surface area contributed by atoms with Gasteiger partial charge in [-0.05, 0) is 32.1 Å². The van der Waals surface area contributed by atoms with Gasteiger partial charge in [-0.1, -0.05) is 13.3 Å². The van der Waals surface area contributed by atoms with Gasteiger partial charge in [0.15, 0.2) is 0 Å². The van der Waals surface area contributed by atoms with E-state index in [1.54, 1.807) is 0 Å². The van der Waals surface area contributed by atoms with Gasteiger partial charge in [0.05, 0.1) is 6.10 Å². The molecule has 0 spiro atoms. The van der Waals surface area contributed by atoms with E-state index < -0.39 is 0 Å². The van der Waals surface area contributed by atoms with Gasteiger partial charge in [-0.25, -0.2) is 0 Å². The third-order valence-corrected chi connectivity index (χ3v) is 2.92. The third kappa shape index (κ3) is 3.79. The fourth-order valence-corrected chi connectivity index (χ4v) is 2.01. The van der Waals surface area contributed by atoms with Crippen molar-refractivity contribution in [1.82, 2.24) is 0 Å². The van der Waals surface area contributed by atoms with E-state index in [9.17, 15) is 4.79 Å². The minimum atomic E-state index is 0.448. The highest BCUT2D eigenvalue weighted by atomic mass is 16.5. The van der Waals surface area contributed by atoms with E-state index >= 15 is 0 Å². The van der Waals surface area contributed by atoms with Gasteiger partial charge in [-0.2, -0.15) is 0 Å². The second-order valence-corrected chi connectivity index (χ2v) is 4.26. The molecule has 0 aromatic rings. The van der Waals surface area contributed by atoms with E-state index in [4.69, 9.17) is 4.74 Å². The summed E-state index contributed by atoms with van der Waals surface area (Å²) in [6.07, 6.45) is 6.41. The van der Waals surface area contributed by atoms with E-state index in [1.807, 2.05) is 6.92 Å². The first-order valence-corrected chi connectivity index (χ1v) is 5.89. The number of Topliss-reactive ketones (excluding diaryl/α,β-unsaturated/α-hetero) is 1. The molecule has 2 heteroatoms. The minimum Gasteiger partial charge on any atom is -0.378 e. The van der Waals surface area contributed by atoms with Crippen LogP contribution >= 0.6 is 0 Å². The largest absolute Gasteiger partial charge is 0.378 e. The summed E-state index contributed by atoms with van der Waals surface area (Å²) in [6.45, 7) is 4.96. The standard InChI is InChI=1S/C12H22O2/c1-3-5-6-11(13)7-10-8-12(9-10)14-4-2/h10,12H,3-9H2,1-2H3. The molecule has 0 radical (unpaired) electrons. The molecule has 0 aromatic carbocycles. The van der Waals surface area contributed by atoms with Crippen LogP contribution in [-0.2, 0) is 9.53 Å². The van der Waals surface area contributed by atoms with Gasteiger partial charge in [0.1, 0.15) is 5.78 Å². The Morgan fingerprint density at radius 3 is 2.64 bits per heavy atom. The monoisotopic (exact) mass is 198 g/mol. The normalized spacial score (nSPS) is 25.9. The van der Waals surface area contributed by atoms with Crippen molar-refractivity contribution in [1.29, 1.82) is 0 Å². The maximum atomic E-state index is 11.4. The summed E-state index contributed by atoms with van der Waals surface area (Å²) >= 11 is 0. The SMILES string of the molecule is CCCCC(=O)CC1CC(OCC)C1. The van der Waals surface area contributed by atoms with Crippen LogP contribution in [0.5, 0.6) is 0 Å². The van der Waals surface area contributed by atoms with Gasteiger partial charge in [-0.15, -0.1) is 0 Å². The summed E-state index contributed by atoms with van der Waals surface area (Å²) in [5, 5.41) is 0. The molecule has 0 saturated heterocycles. The van der Waals surface area contributed by atoms with Crippen molar-refractivity contribution in [2.75, 3.05) is 6.61 Å². The van der Waals surface area contributed by atoms with E-state index in [1.165, 1.54) is 0 Å². The highest BCUT2D eigenvalue weighted by molar-refractivity contribution is 5.78. The molecule has 0 heterocycles. The first-order valence-electron chi connectivity index (χ1n) is 5.89. The van der Waals surface area contributed by atoms with Crippen molar-refractivity contribution in [3.63, 3.8) is 0 Å². The number of rotatable bonds is 7. The molecule has 1 saturated carbocycles. The zero-order valence-corrected chi connectivity index (χ0v) is 9.42. The van der Waals surface area contributed by atoms with Crippen LogP contribution in [-0.4, -0.2) is 18.5 Å². The number of ether oxygens (including phenoxy) is 1. The zero-order valence-electron chi connectivity index (χ0n) is 9.42. The molecule has 82 valence electrons. The summed E-state index contributed by atoms with van der Waals surface area (Å²) in [5.74, 6) is 1.07. The lowest BCUT2D eigenvalue weighted by Crippen LogP contribution is -2.32. The second-order valence-electron chi connectivity index (χ2n) is 4.26. The highest BCUT2D eigenvalue weighted by Crippen LogP contribution is 2.33. The molecule has 0 unspecified atom stereocenters. The quantitative estimate of drug-likeness (QED) is 0.628.